The number of hydrogen-bond donors (Lipinski definition) is 0. The molecule has 1 saturated heterocycles. The fourth-order valence-electron chi connectivity index (χ4n) is 5.23. The minimum Gasteiger partial charge on any atom is -0.464 e. The Labute approximate surface area is 206 Å². The van der Waals surface area contributed by atoms with Crippen molar-refractivity contribution in [2.75, 3.05) is 33.3 Å². The molecule has 0 spiro atoms. The maximum atomic E-state index is 13.4. The predicted octanol–water partition coefficient (Wildman–Crippen LogP) is 4.14. The highest BCUT2D eigenvalue weighted by molar-refractivity contribution is 6.07. The summed E-state index contributed by atoms with van der Waals surface area (Å²) in [4.78, 5) is 38.3. The van der Waals surface area contributed by atoms with E-state index in [1.165, 1.54) is 19.2 Å². The molecule has 3 heterocycles. The Balaban J connectivity index is 1.29. The first kappa shape index (κ1) is 25.0. The number of nitrogens with zero attached hydrogens (tertiary/aromatic N) is 4. The van der Waals surface area contributed by atoms with Crippen LogP contribution in [0, 0.1) is 5.82 Å². The van der Waals surface area contributed by atoms with Crippen LogP contribution in [0.25, 0.3) is 0 Å². The lowest BCUT2D eigenvalue weighted by atomic mass is 9.87. The molecule has 0 N–H and O–H groups in total. The van der Waals surface area contributed by atoms with E-state index in [0.29, 0.717) is 24.6 Å². The van der Waals surface area contributed by atoms with Crippen LogP contribution in [0.2, 0.25) is 0 Å². The molecule has 2 aromatic rings. The van der Waals surface area contributed by atoms with E-state index in [1.54, 1.807) is 23.2 Å². The maximum Gasteiger partial charge on any atom is 0.356 e. The number of methoxy groups -OCH3 is 1. The minimum atomic E-state index is -0.955. The topological polar surface area (TPSA) is 75.1 Å². The Morgan fingerprint density at radius 1 is 1.17 bits per heavy atom. The van der Waals surface area contributed by atoms with Crippen LogP contribution in [0.5, 0.6) is 0 Å². The van der Waals surface area contributed by atoms with Crippen molar-refractivity contribution in [2.45, 2.75) is 51.0 Å². The number of aliphatic imine (C=N–C) groups is 1. The van der Waals surface area contributed by atoms with Crippen LogP contribution < -0.4 is 0 Å². The molecule has 1 aromatic carbocycles. The molecule has 35 heavy (non-hydrogen) atoms. The van der Waals surface area contributed by atoms with Crippen LogP contribution in [-0.4, -0.2) is 65.8 Å². The van der Waals surface area contributed by atoms with E-state index >= 15 is 0 Å². The SMILES string of the molecule is CCC1(c2ccc(F)cc2)N=C(C)N(CCCN2CCC(c3ccnc(C(=O)OC)c3)CC2)C1=O. The molecule has 2 aliphatic heterocycles. The number of aromatic nitrogens is 1. The third-order valence-corrected chi connectivity index (χ3v) is 7.27. The summed E-state index contributed by atoms with van der Waals surface area (Å²) in [5.74, 6) is 0.361. The van der Waals surface area contributed by atoms with E-state index in [-0.39, 0.29) is 11.7 Å². The number of carbonyl (C=O) groups is 2. The molecular formula is C27H33FN4O3. The summed E-state index contributed by atoms with van der Waals surface area (Å²) in [5.41, 5.74) is 1.26. The number of amides is 1. The lowest BCUT2D eigenvalue weighted by molar-refractivity contribution is -0.131. The van der Waals surface area contributed by atoms with Crippen LogP contribution >= 0.6 is 0 Å². The zero-order valence-electron chi connectivity index (χ0n) is 20.7. The smallest absolute Gasteiger partial charge is 0.356 e. The van der Waals surface area contributed by atoms with Gasteiger partial charge in [0.15, 0.2) is 5.54 Å². The van der Waals surface area contributed by atoms with Crippen molar-refractivity contribution in [3.8, 4) is 0 Å². The van der Waals surface area contributed by atoms with E-state index in [2.05, 4.69) is 9.88 Å². The molecule has 0 aliphatic carbocycles. The van der Waals surface area contributed by atoms with Gasteiger partial charge in [-0.1, -0.05) is 19.1 Å². The lowest BCUT2D eigenvalue weighted by Crippen LogP contribution is -2.42. The third kappa shape index (κ3) is 5.12. The molecule has 1 atom stereocenters. The van der Waals surface area contributed by atoms with Crippen molar-refractivity contribution in [3.05, 3.63) is 65.2 Å². The first-order valence-corrected chi connectivity index (χ1v) is 12.3. The standard InChI is InChI=1S/C27H33FN4O3/c1-4-27(22-6-8-23(28)9-7-22)26(34)32(19(2)30-27)15-5-14-31-16-11-20(12-17-31)21-10-13-29-24(18-21)25(33)35-3/h6-10,13,18,20H,4-5,11-12,14-17H2,1-3H3. The maximum absolute atomic E-state index is 13.4. The number of amidine groups is 1. The molecule has 0 bridgehead atoms. The second kappa shape index (κ2) is 10.6. The van der Waals surface area contributed by atoms with Gasteiger partial charge in [0.1, 0.15) is 17.3 Å². The monoisotopic (exact) mass is 480 g/mol. The van der Waals surface area contributed by atoms with Crippen LogP contribution in [0.3, 0.4) is 0 Å². The van der Waals surface area contributed by atoms with Gasteiger partial charge in [-0.25, -0.2) is 14.2 Å². The van der Waals surface area contributed by atoms with E-state index in [0.717, 1.165) is 55.9 Å². The van der Waals surface area contributed by atoms with Crippen molar-refractivity contribution in [1.82, 2.24) is 14.8 Å². The molecule has 1 aromatic heterocycles. The van der Waals surface area contributed by atoms with Gasteiger partial charge >= 0.3 is 5.97 Å². The van der Waals surface area contributed by atoms with Gasteiger partial charge in [-0.3, -0.25) is 14.7 Å². The molecule has 7 nitrogen and oxygen atoms in total. The highest BCUT2D eigenvalue weighted by atomic mass is 19.1. The quantitative estimate of drug-likeness (QED) is 0.531. The third-order valence-electron chi connectivity index (χ3n) is 7.27. The first-order valence-electron chi connectivity index (χ1n) is 12.3. The Hall–Kier alpha value is -3.13. The Morgan fingerprint density at radius 3 is 2.54 bits per heavy atom. The zero-order chi connectivity index (χ0) is 25.0. The predicted molar refractivity (Wildman–Crippen MR) is 132 cm³/mol. The van der Waals surface area contributed by atoms with Crippen molar-refractivity contribution < 1.29 is 18.7 Å². The molecule has 4 rings (SSSR count). The number of likely N-dealkylation sites (tertiary alicyclic amines) is 1. The van der Waals surface area contributed by atoms with Gasteiger partial charge in [-0.15, -0.1) is 0 Å². The van der Waals surface area contributed by atoms with E-state index in [1.807, 2.05) is 26.0 Å². The zero-order valence-corrected chi connectivity index (χ0v) is 20.7. The van der Waals surface area contributed by atoms with Crippen LogP contribution in [-0.2, 0) is 15.1 Å². The van der Waals surface area contributed by atoms with Crippen LogP contribution in [0.1, 0.15) is 67.1 Å². The van der Waals surface area contributed by atoms with Crippen LogP contribution in [0.4, 0.5) is 4.39 Å². The highest BCUT2D eigenvalue weighted by Crippen LogP contribution is 2.37. The van der Waals surface area contributed by atoms with Gasteiger partial charge in [-0.05, 0) is 93.6 Å². The molecule has 8 heteroatoms. The summed E-state index contributed by atoms with van der Waals surface area (Å²) in [5, 5.41) is 0. The summed E-state index contributed by atoms with van der Waals surface area (Å²) in [6.07, 6.45) is 5.08. The Bertz CT molecular complexity index is 1100. The van der Waals surface area contributed by atoms with Crippen molar-refractivity contribution >= 4 is 17.7 Å². The van der Waals surface area contributed by atoms with Gasteiger partial charge in [0, 0.05) is 12.7 Å². The van der Waals surface area contributed by atoms with E-state index in [9.17, 15) is 14.0 Å². The van der Waals surface area contributed by atoms with Crippen LogP contribution in [0.15, 0.2) is 47.6 Å². The van der Waals surface area contributed by atoms with Crippen molar-refractivity contribution in [3.63, 3.8) is 0 Å². The van der Waals surface area contributed by atoms with Crippen molar-refractivity contribution in [1.29, 1.82) is 0 Å². The fraction of sp³-hybridized carbons (Fsp3) is 0.481. The molecule has 0 saturated carbocycles. The summed E-state index contributed by atoms with van der Waals surface area (Å²) in [7, 11) is 1.36. The van der Waals surface area contributed by atoms with E-state index in [4.69, 9.17) is 9.73 Å². The summed E-state index contributed by atoms with van der Waals surface area (Å²) < 4.78 is 18.2. The lowest BCUT2D eigenvalue weighted by Gasteiger charge is -2.32. The van der Waals surface area contributed by atoms with Gasteiger partial charge in [-0.2, -0.15) is 0 Å². The average molecular weight is 481 g/mol. The van der Waals surface area contributed by atoms with Gasteiger partial charge in [0.2, 0.25) is 0 Å². The molecular weight excluding hydrogens is 447 g/mol. The number of pyridine rings is 1. The largest absolute Gasteiger partial charge is 0.464 e. The second-order valence-electron chi connectivity index (χ2n) is 9.27. The number of halogens is 1. The van der Waals surface area contributed by atoms with Gasteiger partial charge in [0.25, 0.3) is 5.91 Å². The number of piperidine rings is 1. The molecule has 0 radical (unpaired) electrons. The molecule has 2 aliphatic rings. The number of carbonyl (C=O) groups excluding carboxylic acids is 2. The fourth-order valence-corrected chi connectivity index (χ4v) is 5.23. The van der Waals surface area contributed by atoms with Crippen molar-refractivity contribution in [2.24, 2.45) is 4.99 Å². The second-order valence-corrected chi connectivity index (χ2v) is 9.27. The molecule has 186 valence electrons. The number of esters is 1. The van der Waals surface area contributed by atoms with E-state index < -0.39 is 11.5 Å². The number of ether oxygens (including phenoxy) is 1. The number of hydrogen-bond acceptors (Lipinski definition) is 6. The normalized spacial score (nSPS) is 21.3. The number of rotatable bonds is 8. The molecule has 1 unspecified atom stereocenters. The molecule has 1 amide bonds. The minimum absolute atomic E-state index is 0.0260. The average Bonchev–Trinajstić information content (AvgIpc) is 3.14. The Morgan fingerprint density at radius 2 is 1.89 bits per heavy atom. The summed E-state index contributed by atoms with van der Waals surface area (Å²) in [6, 6.07) is 9.93. The summed E-state index contributed by atoms with van der Waals surface area (Å²) >= 11 is 0. The van der Waals surface area contributed by atoms with Gasteiger partial charge < -0.3 is 9.64 Å². The Kier molecular flexibility index (Phi) is 7.60. The highest BCUT2D eigenvalue weighted by Gasteiger charge is 2.46. The molecule has 1 fully saturated rings. The summed E-state index contributed by atoms with van der Waals surface area (Å²) in [6.45, 7) is 7.28. The number of benzene rings is 1. The first-order chi connectivity index (χ1) is 16.9. The van der Waals surface area contributed by atoms with Gasteiger partial charge in [0.05, 0.1) is 7.11 Å².